The van der Waals surface area contributed by atoms with Crippen LogP contribution < -0.4 is 0 Å². The molecule has 2 aromatic rings. The summed E-state index contributed by atoms with van der Waals surface area (Å²) in [5.41, 5.74) is 0.177. The molecule has 0 fully saturated rings. The Morgan fingerprint density at radius 3 is 2.38 bits per heavy atom. The molecule has 0 radical (unpaired) electrons. The van der Waals surface area contributed by atoms with Gasteiger partial charge in [0.25, 0.3) is 0 Å². The smallest absolute Gasteiger partial charge is 0.295 e. The third kappa shape index (κ3) is 4.19. The van der Waals surface area contributed by atoms with E-state index in [-0.39, 0.29) is 5.56 Å². The maximum Gasteiger partial charge on any atom is 0.416 e. The van der Waals surface area contributed by atoms with Crippen molar-refractivity contribution in [2.75, 3.05) is 13.1 Å². The van der Waals surface area contributed by atoms with Crippen molar-refractivity contribution in [3.8, 4) is 0 Å². The number of nitrogens with zero attached hydrogens (tertiary/aromatic N) is 1. The number of rotatable bonds is 4. The zero-order valence-corrected chi connectivity index (χ0v) is 13.9. The lowest BCUT2D eigenvalue weighted by Gasteiger charge is -2.26. The molecule has 0 saturated heterocycles. The van der Waals surface area contributed by atoms with Crippen molar-refractivity contribution in [2.45, 2.75) is 19.1 Å². The Balaban J connectivity index is 1.69. The molecule has 1 aliphatic heterocycles. The Bertz CT molecular complexity index is 827. The molecule has 136 valence electrons. The summed E-state index contributed by atoms with van der Waals surface area (Å²) in [6.07, 6.45) is -2.47. The Kier molecular flexibility index (Phi) is 5.23. The van der Waals surface area contributed by atoms with E-state index in [9.17, 15) is 22.4 Å². The molecule has 3 rings (SSSR count). The first-order valence-corrected chi connectivity index (χ1v) is 8.21. The summed E-state index contributed by atoms with van der Waals surface area (Å²) in [4.78, 5) is 14.6. The van der Waals surface area contributed by atoms with E-state index in [0.717, 1.165) is 24.2 Å². The predicted molar refractivity (Wildman–Crippen MR) is 90.2 cm³/mol. The van der Waals surface area contributed by atoms with Crippen molar-refractivity contribution < 1.29 is 22.4 Å². The first-order chi connectivity index (χ1) is 12.3. The topological polar surface area (TPSA) is 20.3 Å². The molecule has 0 N–H and O–H groups in total. The Morgan fingerprint density at radius 1 is 1.08 bits per heavy atom. The first kappa shape index (κ1) is 18.3. The van der Waals surface area contributed by atoms with Gasteiger partial charge < -0.3 is 0 Å². The number of hydrogen-bond acceptors (Lipinski definition) is 2. The second-order valence-corrected chi connectivity index (χ2v) is 6.22. The van der Waals surface area contributed by atoms with Gasteiger partial charge in [-0.2, -0.15) is 13.2 Å². The summed E-state index contributed by atoms with van der Waals surface area (Å²) in [5, 5.41) is 0. The molecule has 0 atom stereocenters. The van der Waals surface area contributed by atoms with E-state index >= 15 is 0 Å². The van der Waals surface area contributed by atoms with Gasteiger partial charge in [-0.3, -0.25) is 9.69 Å². The van der Waals surface area contributed by atoms with Gasteiger partial charge in [0.1, 0.15) is 5.82 Å². The minimum absolute atomic E-state index is 0.319. The van der Waals surface area contributed by atoms with Gasteiger partial charge >= 0.3 is 6.18 Å². The summed E-state index contributed by atoms with van der Waals surface area (Å²) >= 11 is 0. The monoisotopic (exact) mass is 363 g/mol. The largest absolute Gasteiger partial charge is 0.416 e. The van der Waals surface area contributed by atoms with Gasteiger partial charge in [-0.25, -0.2) is 4.39 Å². The average Bonchev–Trinajstić information content (AvgIpc) is 2.62. The quantitative estimate of drug-likeness (QED) is 0.571. The minimum Gasteiger partial charge on any atom is -0.295 e. The Hall–Kier alpha value is -2.47. The summed E-state index contributed by atoms with van der Waals surface area (Å²) in [7, 11) is 0. The van der Waals surface area contributed by atoms with E-state index in [0.29, 0.717) is 31.1 Å². The summed E-state index contributed by atoms with van der Waals surface area (Å²) < 4.78 is 51.8. The zero-order chi connectivity index (χ0) is 18.7. The first-order valence-electron chi connectivity index (χ1n) is 8.21. The van der Waals surface area contributed by atoms with Crippen LogP contribution in [-0.2, 0) is 12.7 Å². The third-order valence-electron chi connectivity index (χ3n) is 4.37. The number of ketones is 1. The molecular weight excluding hydrogens is 346 g/mol. The number of hydrogen-bond donors (Lipinski definition) is 0. The number of halogens is 4. The lowest BCUT2D eigenvalue weighted by Crippen LogP contribution is -2.30. The fourth-order valence-corrected chi connectivity index (χ4v) is 2.95. The predicted octanol–water partition coefficient (Wildman–Crippen LogP) is 4.86. The molecule has 0 amide bonds. The summed E-state index contributed by atoms with van der Waals surface area (Å²) in [6, 6.07) is 11.9. The second-order valence-electron chi connectivity index (χ2n) is 6.22. The van der Waals surface area contributed by atoms with Gasteiger partial charge in [0.05, 0.1) is 11.1 Å². The maximum atomic E-state index is 14.0. The highest BCUT2D eigenvalue weighted by Gasteiger charge is 2.32. The highest BCUT2D eigenvalue weighted by molar-refractivity contribution is 6.09. The van der Waals surface area contributed by atoms with Crippen molar-refractivity contribution in [3.05, 3.63) is 82.7 Å². The average molecular weight is 363 g/mol. The van der Waals surface area contributed by atoms with E-state index in [2.05, 4.69) is 4.90 Å². The fraction of sp³-hybridized carbons (Fsp3) is 0.250. The molecule has 0 aliphatic carbocycles. The SMILES string of the molecule is O=C(C1=CCN(Cc2ccccc2)CC1)c1ccc(C(F)(F)F)cc1F. The Labute approximate surface area is 148 Å². The van der Waals surface area contributed by atoms with Crippen LogP contribution in [0.5, 0.6) is 0 Å². The number of Topliss-reactive ketones (excluding diaryl/α,β-unsaturated/α-hetero) is 1. The number of carbonyl (C=O) groups is 1. The molecular formula is C20H17F4NO. The lowest BCUT2D eigenvalue weighted by atomic mass is 9.96. The van der Waals surface area contributed by atoms with Gasteiger partial charge in [0.2, 0.25) is 0 Å². The molecule has 1 aliphatic rings. The summed E-state index contributed by atoms with van der Waals surface area (Å²) in [6.45, 7) is 1.92. The van der Waals surface area contributed by atoms with Crippen LogP contribution in [0.15, 0.2) is 60.2 Å². The van der Waals surface area contributed by atoms with Gasteiger partial charge in [0.15, 0.2) is 5.78 Å². The fourth-order valence-electron chi connectivity index (χ4n) is 2.95. The molecule has 0 bridgehead atoms. The highest BCUT2D eigenvalue weighted by atomic mass is 19.4. The van der Waals surface area contributed by atoms with Crippen LogP contribution in [0.4, 0.5) is 17.6 Å². The van der Waals surface area contributed by atoms with Crippen molar-refractivity contribution in [3.63, 3.8) is 0 Å². The number of benzene rings is 2. The molecule has 2 nitrogen and oxygen atoms in total. The second kappa shape index (κ2) is 7.41. The van der Waals surface area contributed by atoms with Crippen molar-refractivity contribution in [2.24, 2.45) is 0 Å². The lowest BCUT2D eigenvalue weighted by molar-refractivity contribution is -0.137. The molecule has 0 spiro atoms. The molecule has 2 aromatic carbocycles. The zero-order valence-electron chi connectivity index (χ0n) is 13.9. The minimum atomic E-state index is -4.63. The van der Waals surface area contributed by atoms with Crippen molar-refractivity contribution >= 4 is 5.78 Å². The van der Waals surface area contributed by atoms with Gasteiger partial charge in [-0.15, -0.1) is 0 Å². The van der Waals surface area contributed by atoms with Crippen molar-refractivity contribution in [1.29, 1.82) is 0 Å². The van der Waals surface area contributed by atoms with Crippen LogP contribution in [0.25, 0.3) is 0 Å². The molecule has 6 heteroatoms. The third-order valence-corrected chi connectivity index (χ3v) is 4.37. The molecule has 1 heterocycles. The van der Waals surface area contributed by atoms with Crippen LogP contribution in [0.1, 0.15) is 27.9 Å². The summed E-state index contributed by atoms with van der Waals surface area (Å²) in [5.74, 6) is -1.69. The van der Waals surface area contributed by atoms with Crippen LogP contribution in [-0.4, -0.2) is 23.8 Å². The number of alkyl halides is 3. The molecule has 0 unspecified atom stereocenters. The number of carbonyl (C=O) groups excluding carboxylic acids is 1. The van der Waals surface area contributed by atoms with Crippen LogP contribution in [0.2, 0.25) is 0 Å². The molecule has 0 saturated carbocycles. The van der Waals surface area contributed by atoms with E-state index in [4.69, 9.17) is 0 Å². The van der Waals surface area contributed by atoms with Crippen LogP contribution in [0, 0.1) is 5.82 Å². The van der Waals surface area contributed by atoms with Gasteiger partial charge in [-0.05, 0) is 35.8 Å². The van der Waals surface area contributed by atoms with E-state index in [1.807, 2.05) is 30.3 Å². The van der Waals surface area contributed by atoms with E-state index < -0.39 is 23.3 Å². The Morgan fingerprint density at radius 2 is 1.81 bits per heavy atom. The highest BCUT2D eigenvalue weighted by Crippen LogP contribution is 2.31. The normalized spacial score (nSPS) is 15.6. The standard InChI is InChI=1S/C20H17F4NO/c21-18-12-16(20(22,23)24)6-7-17(18)19(26)15-8-10-25(11-9-15)13-14-4-2-1-3-5-14/h1-8,12H,9-11,13H2. The van der Waals surface area contributed by atoms with Gasteiger partial charge in [0, 0.05) is 19.6 Å². The maximum absolute atomic E-state index is 14.0. The van der Waals surface area contributed by atoms with Crippen LogP contribution >= 0.6 is 0 Å². The van der Waals surface area contributed by atoms with E-state index in [1.165, 1.54) is 0 Å². The molecule has 26 heavy (non-hydrogen) atoms. The molecule has 0 aromatic heterocycles. The van der Waals surface area contributed by atoms with Crippen molar-refractivity contribution in [1.82, 2.24) is 4.90 Å². The van der Waals surface area contributed by atoms with Crippen LogP contribution in [0.3, 0.4) is 0 Å². The van der Waals surface area contributed by atoms with E-state index in [1.54, 1.807) is 6.08 Å². The van der Waals surface area contributed by atoms with Gasteiger partial charge in [-0.1, -0.05) is 36.4 Å².